The summed E-state index contributed by atoms with van der Waals surface area (Å²) >= 11 is 0. The maximum Gasteiger partial charge on any atom is 0.103 e. The molecule has 1 heterocycles. The van der Waals surface area contributed by atoms with Crippen LogP contribution in [0.15, 0.2) is 73.1 Å². The minimum Gasteiger partial charge on any atom is -0.359 e. The lowest BCUT2D eigenvalue weighted by Crippen LogP contribution is -2.44. The van der Waals surface area contributed by atoms with Crippen molar-refractivity contribution in [2.24, 2.45) is 11.7 Å². The molecule has 3 nitrogen and oxygen atoms in total. The zero-order valence-electron chi connectivity index (χ0n) is 16.2. The Balaban J connectivity index is 1.91. The quantitative estimate of drug-likeness (QED) is 0.819. The summed E-state index contributed by atoms with van der Waals surface area (Å²) < 4.78 is 0. The average Bonchev–Trinajstić information content (AvgIpc) is 3.05. The van der Waals surface area contributed by atoms with Gasteiger partial charge < -0.3 is 15.5 Å². The van der Waals surface area contributed by atoms with E-state index in [-0.39, 0.29) is 5.41 Å². The Kier molecular flexibility index (Phi) is 5.67. The Hall–Kier alpha value is -2.26. The first kappa shape index (κ1) is 18.5. The molecule has 0 saturated carbocycles. The smallest absolute Gasteiger partial charge is 0.103 e. The predicted molar refractivity (Wildman–Crippen MR) is 110 cm³/mol. The summed E-state index contributed by atoms with van der Waals surface area (Å²) in [7, 11) is 2.16. The van der Waals surface area contributed by atoms with E-state index >= 15 is 0 Å². The van der Waals surface area contributed by atoms with Crippen molar-refractivity contribution in [2.75, 3.05) is 20.1 Å². The molecule has 1 aliphatic rings. The Bertz CT molecular complexity index is 669. The van der Waals surface area contributed by atoms with Gasteiger partial charge in [0.15, 0.2) is 0 Å². The minimum atomic E-state index is -0.168. The molecule has 0 spiro atoms. The molecule has 1 aliphatic heterocycles. The largest absolute Gasteiger partial charge is 0.359 e. The first-order valence-electron chi connectivity index (χ1n) is 9.55. The SMILES string of the molecule is CC(C)C1N(C)C=CN1CCC(CN)(c1ccccc1)c1ccccc1. The van der Waals surface area contributed by atoms with Crippen LogP contribution in [-0.4, -0.2) is 36.1 Å². The van der Waals surface area contributed by atoms with Crippen LogP contribution in [0.4, 0.5) is 0 Å². The monoisotopic (exact) mass is 349 g/mol. The lowest BCUT2D eigenvalue weighted by Gasteiger charge is -2.39. The van der Waals surface area contributed by atoms with Crippen molar-refractivity contribution in [3.05, 3.63) is 84.2 Å². The lowest BCUT2D eigenvalue weighted by molar-refractivity contribution is 0.121. The number of hydrogen-bond acceptors (Lipinski definition) is 3. The van der Waals surface area contributed by atoms with Gasteiger partial charge in [-0.2, -0.15) is 0 Å². The highest BCUT2D eigenvalue weighted by Crippen LogP contribution is 2.36. The molecule has 138 valence electrons. The molecule has 0 aromatic heterocycles. The second-order valence-electron chi connectivity index (χ2n) is 7.63. The minimum absolute atomic E-state index is 0.168. The second kappa shape index (κ2) is 7.96. The highest BCUT2D eigenvalue weighted by atomic mass is 15.4. The van der Waals surface area contributed by atoms with Crippen LogP contribution in [0.1, 0.15) is 31.4 Å². The molecule has 0 bridgehead atoms. The van der Waals surface area contributed by atoms with Crippen molar-refractivity contribution in [1.82, 2.24) is 9.80 Å². The van der Waals surface area contributed by atoms with Crippen LogP contribution in [0.5, 0.6) is 0 Å². The Morgan fingerprint density at radius 2 is 1.46 bits per heavy atom. The summed E-state index contributed by atoms with van der Waals surface area (Å²) in [5, 5.41) is 0. The topological polar surface area (TPSA) is 32.5 Å². The average molecular weight is 350 g/mol. The molecule has 2 aromatic rings. The van der Waals surface area contributed by atoms with Crippen LogP contribution < -0.4 is 5.73 Å². The summed E-state index contributed by atoms with van der Waals surface area (Å²) in [6.45, 7) is 6.14. The van der Waals surface area contributed by atoms with Crippen molar-refractivity contribution in [3.63, 3.8) is 0 Å². The standard InChI is InChI=1S/C23H31N3/c1-19(2)22-25(3)16-17-26(22)15-14-23(18-24,20-10-6-4-7-11-20)21-12-8-5-9-13-21/h4-13,16-17,19,22H,14-15,18,24H2,1-3H3. The number of hydrogen-bond donors (Lipinski definition) is 1. The zero-order chi connectivity index (χ0) is 18.6. The van der Waals surface area contributed by atoms with Gasteiger partial charge in [-0.3, -0.25) is 0 Å². The van der Waals surface area contributed by atoms with Gasteiger partial charge in [-0.1, -0.05) is 74.5 Å². The van der Waals surface area contributed by atoms with E-state index in [1.165, 1.54) is 11.1 Å². The van der Waals surface area contributed by atoms with E-state index in [1.807, 2.05) is 0 Å². The molecular formula is C23H31N3. The fourth-order valence-electron chi connectivity index (χ4n) is 4.29. The van der Waals surface area contributed by atoms with Gasteiger partial charge >= 0.3 is 0 Å². The van der Waals surface area contributed by atoms with Crippen LogP contribution in [0.2, 0.25) is 0 Å². The van der Waals surface area contributed by atoms with E-state index in [0.29, 0.717) is 18.6 Å². The second-order valence-corrected chi connectivity index (χ2v) is 7.63. The highest BCUT2D eigenvalue weighted by Gasteiger charge is 2.35. The fraction of sp³-hybridized carbons (Fsp3) is 0.391. The number of benzene rings is 2. The van der Waals surface area contributed by atoms with Gasteiger partial charge in [-0.25, -0.2) is 0 Å². The summed E-state index contributed by atoms with van der Waals surface area (Å²) in [6.07, 6.45) is 5.80. The Labute approximate surface area is 158 Å². The van der Waals surface area contributed by atoms with Gasteiger partial charge in [0.05, 0.1) is 0 Å². The maximum atomic E-state index is 6.43. The number of nitrogens with two attached hydrogens (primary N) is 1. The van der Waals surface area contributed by atoms with Crippen LogP contribution in [0, 0.1) is 5.92 Å². The van der Waals surface area contributed by atoms with Crippen molar-refractivity contribution in [3.8, 4) is 0 Å². The molecule has 0 saturated heterocycles. The molecule has 3 heteroatoms. The third-order valence-corrected chi connectivity index (χ3v) is 5.64. The molecule has 3 rings (SSSR count). The summed E-state index contributed by atoms with van der Waals surface area (Å²) in [6, 6.07) is 21.5. The molecule has 0 amide bonds. The zero-order valence-corrected chi connectivity index (χ0v) is 16.2. The van der Waals surface area contributed by atoms with Gasteiger partial charge in [0.25, 0.3) is 0 Å². The maximum absolute atomic E-state index is 6.43. The van der Waals surface area contributed by atoms with Gasteiger partial charge in [0, 0.05) is 38.0 Å². The first-order chi connectivity index (χ1) is 12.6. The number of rotatable bonds is 7. The van der Waals surface area contributed by atoms with E-state index in [1.54, 1.807) is 0 Å². The van der Waals surface area contributed by atoms with Gasteiger partial charge in [-0.05, 0) is 23.5 Å². The van der Waals surface area contributed by atoms with E-state index in [2.05, 4.69) is 104 Å². The van der Waals surface area contributed by atoms with Crippen LogP contribution in [0.3, 0.4) is 0 Å². The number of nitrogens with zero attached hydrogens (tertiary/aromatic N) is 2. The molecule has 26 heavy (non-hydrogen) atoms. The fourth-order valence-corrected chi connectivity index (χ4v) is 4.29. The van der Waals surface area contributed by atoms with Crippen molar-refractivity contribution >= 4 is 0 Å². The van der Waals surface area contributed by atoms with Gasteiger partial charge in [-0.15, -0.1) is 0 Å². The van der Waals surface area contributed by atoms with Crippen LogP contribution in [0.25, 0.3) is 0 Å². The molecule has 1 unspecified atom stereocenters. The molecule has 0 aliphatic carbocycles. The normalized spacial score (nSPS) is 17.3. The van der Waals surface area contributed by atoms with Crippen molar-refractivity contribution in [2.45, 2.75) is 31.8 Å². The molecule has 1 atom stereocenters. The summed E-state index contributed by atoms with van der Waals surface area (Å²) in [4.78, 5) is 4.76. The molecular weight excluding hydrogens is 318 g/mol. The van der Waals surface area contributed by atoms with Crippen LogP contribution in [-0.2, 0) is 5.41 Å². The molecule has 2 N–H and O–H groups in total. The van der Waals surface area contributed by atoms with E-state index in [4.69, 9.17) is 5.73 Å². The molecule has 0 fully saturated rings. The van der Waals surface area contributed by atoms with Crippen molar-refractivity contribution in [1.29, 1.82) is 0 Å². The summed E-state index contributed by atoms with van der Waals surface area (Å²) in [5.74, 6) is 0.565. The van der Waals surface area contributed by atoms with E-state index in [0.717, 1.165) is 13.0 Å². The predicted octanol–water partition coefficient (Wildman–Crippen LogP) is 4.02. The lowest BCUT2D eigenvalue weighted by atomic mass is 9.72. The third kappa shape index (κ3) is 3.49. The Morgan fingerprint density at radius 1 is 0.923 bits per heavy atom. The van der Waals surface area contributed by atoms with Crippen molar-refractivity contribution < 1.29 is 0 Å². The summed E-state index contributed by atoms with van der Waals surface area (Å²) in [5.41, 5.74) is 8.86. The van der Waals surface area contributed by atoms with Crippen LogP contribution >= 0.6 is 0 Å². The molecule has 2 aromatic carbocycles. The Morgan fingerprint density at radius 3 is 1.92 bits per heavy atom. The van der Waals surface area contributed by atoms with E-state index in [9.17, 15) is 0 Å². The van der Waals surface area contributed by atoms with Gasteiger partial charge in [0.1, 0.15) is 6.17 Å². The van der Waals surface area contributed by atoms with Gasteiger partial charge in [0.2, 0.25) is 0 Å². The first-order valence-corrected chi connectivity index (χ1v) is 9.55. The third-order valence-electron chi connectivity index (χ3n) is 5.64. The highest BCUT2D eigenvalue weighted by molar-refractivity contribution is 5.40. The van der Waals surface area contributed by atoms with E-state index < -0.39 is 0 Å². The molecule has 0 radical (unpaired) electrons.